The molecule has 0 spiro atoms. The van der Waals surface area contributed by atoms with Crippen LogP contribution < -0.4 is 5.32 Å². The highest BCUT2D eigenvalue weighted by Gasteiger charge is 2.25. The van der Waals surface area contributed by atoms with Crippen molar-refractivity contribution in [2.24, 2.45) is 0 Å². The second-order valence-electron chi connectivity index (χ2n) is 4.03. The summed E-state index contributed by atoms with van der Waals surface area (Å²) in [5.41, 5.74) is 2.51. The Morgan fingerprint density at radius 1 is 1.59 bits per heavy atom. The summed E-state index contributed by atoms with van der Waals surface area (Å²) in [6.45, 7) is 2.85. The molecule has 1 atom stereocenters. The number of nitrogens with one attached hydrogen (secondary N) is 1. The minimum absolute atomic E-state index is 0.180. The number of piperazine rings is 1. The van der Waals surface area contributed by atoms with E-state index >= 15 is 0 Å². The third-order valence-electron chi connectivity index (χ3n) is 2.90. The van der Waals surface area contributed by atoms with Crippen LogP contribution in [0.5, 0.6) is 0 Å². The minimum Gasteiger partial charge on any atom is -0.332 e. The molecule has 3 heterocycles. The number of likely N-dealkylation sites (N-methyl/N-ethyl adjacent to an activating group) is 1. The molecule has 7 heteroatoms. The zero-order valence-corrected chi connectivity index (χ0v) is 10.3. The molecule has 1 aliphatic rings. The highest BCUT2D eigenvalue weighted by Crippen LogP contribution is 2.22. The normalized spacial score (nSPS) is 21.8. The largest absolute Gasteiger partial charge is 0.332 e. The van der Waals surface area contributed by atoms with Crippen LogP contribution in [0.25, 0.3) is 11.6 Å². The van der Waals surface area contributed by atoms with Crippen molar-refractivity contribution in [1.29, 1.82) is 0 Å². The Balaban J connectivity index is 1.84. The summed E-state index contributed by atoms with van der Waals surface area (Å²) in [5, 5.41) is 9.28. The summed E-state index contributed by atoms with van der Waals surface area (Å²) in [5.74, 6) is 1.22. The zero-order chi connectivity index (χ0) is 11.7. The molecule has 1 saturated heterocycles. The molecule has 6 nitrogen and oxygen atoms in total. The summed E-state index contributed by atoms with van der Waals surface area (Å²) in [6, 6.07) is 0.180. The molecule has 1 aliphatic heterocycles. The fraction of sp³-hybridized carbons (Fsp3) is 0.500. The first-order valence-electron chi connectivity index (χ1n) is 5.48. The first-order valence-corrected chi connectivity index (χ1v) is 6.42. The summed E-state index contributed by atoms with van der Waals surface area (Å²) in [4.78, 5) is 10.8. The topological polar surface area (TPSA) is 67.1 Å². The molecule has 1 N–H and O–H groups in total. The molecule has 2 aromatic rings. The Labute approximate surface area is 103 Å². The molecular weight excluding hydrogens is 238 g/mol. The van der Waals surface area contributed by atoms with Gasteiger partial charge in [-0.2, -0.15) is 4.98 Å². The zero-order valence-electron chi connectivity index (χ0n) is 9.46. The molecule has 0 aliphatic carbocycles. The number of nitrogens with zero attached hydrogens (tertiary/aromatic N) is 4. The van der Waals surface area contributed by atoms with Crippen LogP contribution in [0.4, 0.5) is 0 Å². The van der Waals surface area contributed by atoms with Crippen molar-refractivity contribution >= 4 is 11.3 Å². The first-order chi connectivity index (χ1) is 8.34. The van der Waals surface area contributed by atoms with Gasteiger partial charge in [-0.15, -0.1) is 11.3 Å². The lowest BCUT2D eigenvalue weighted by Gasteiger charge is -2.30. The Bertz CT molecular complexity index is 483. The van der Waals surface area contributed by atoms with Crippen molar-refractivity contribution < 1.29 is 4.52 Å². The van der Waals surface area contributed by atoms with E-state index in [0.717, 1.165) is 31.2 Å². The SMILES string of the molecule is CN1CCNCC1c1noc(-c2cscn2)n1. The number of hydrogen-bond donors (Lipinski definition) is 1. The van der Waals surface area contributed by atoms with Gasteiger partial charge in [0.15, 0.2) is 5.82 Å². The molecule has 3 rings (SSSR count). The van der Waals surface area contributed by atoms with Crippen molar-refractivity contribution in [2.75, 3.05) is 26.7 Å². The van der Waals surface area contributed by atoms with E-state index < -0.39 is 0 Å². The van der Waals surface area contributed by atoms with Crippen LogP contribution in [0.2, 0.25) is 0 Å². The van der Waals surface area contributed by atoms with Gasteiger partial charge in [0.1, 0.15) is 5.69 Å². The van der Waals surface area contributed by atoms with E-state index in [2.05, 4.69) is 32.4 Å². The van der Waals surface area contributed by atoms with Crippen molar-refractivity contribution in [2.45, 2.75) is 6.04 Å². The molecule has 1 fully saturated rings. The van der Waals surface area contributed by atoms with Crippen molar-refractivity contribution in [3.63, 3.8) is 0 Å². The van der Waals surface area contributed by atoms with E-state index in [9.17, 15) is 0 Å². The Kier molecular flexibility index (Phi) is 2.87. The quantitative estimate of drug-likeness (QED) is 0.850. The van der Waals surface area contributed by atoms with Crippen LogP contribution >= 0.6 is 11.3 Å². The predicted octanol–water partition coefficient (Wildman–Crippen LogP) is 0.769. The molecule has 2 aromatic heterocycles. The molecule has 90 valence electrons. The fourth-order valence-corrected chi connectivity index (χ4v) is 2.41. The Morgan fingerprint density at radius 3 is 3.29 bits per heavy atom. The van der Waals surface area contributed by atoms with Gasteiger partial charge >= 0.3 is 0 Å². The van der Waals surface area contributed by atoms with E-state index in [-0.39, 0.29) is 6.04 Å². The standard InChI is InChI=1S/C10H13N5OS/c1-15-3-2-11-4-8(15)9-13-10(16-14-9)7-5-17-6-12-7/h5-6,8,11H,2-4H2,1H3. The molecule has 0 aromatic carbocycles. The summed E-state index contributed by atoms with van der Waals surface area (Å²) < 4.78 is 5.24. The average Bonchev–Trinajstić information content (AvgIpc) is 3.00. The Morgan fingerprint density at radius 2 is 2.53 bits per heavy atom. The van der Waals surface area contributed by atoms with E-state index in [4.69, 9.17) is 4.52 Å². The summed E-state index contributed by atoms with van der Waals surface area (Å²) in [6.07, 6.45) is 0. The van der Waals surface area contributed by atoms with Crippen LogP contribution in [0, 0.1) is 0 Å². The first kappa shape index (κ1) is 10.8. The van der Waals surface area contributed by atoms with Gasteiger partial charge in [0.05, 0.1) is 11.6 Å². The number of rotatable bonds is 2. The van der Waals surface area contributed by atoms with Gasteiger partial charge in [0.2, 0.25) is 0 Å². The smallest absolute Gasteiger partial charge is 0.277 e. The van der Waals surface area contributed by atoms with E-state index in [0.29, 0.717) is 5.89 Å². The number of aromatic nitrogens is 3. The number of hydrogen-bond acceptors (Lipinski definition) is 7. The van der Waals surface area contributed by atoms with E-state index in [1.54, 1.807) is 5.51 Å². The van der Waals surface area contributed by atoms with Gasteiger partial charge in [-0.1, -0.05) is 5.16 Å². The third-order valence-corrected chi connectivity index (χ3v) is 3.49. The molecular formula is C10H13N5OS. The van der Waals surface area contributed by atoms with Gasteiger partial charge in [-0.3, -0.25) is 4.90 Å². The van der Waals surface area contributed by atoms with Gasteiger partial charge < -0.3 is 9.84 Å². The van der Waals surface area contributed by atoms with E-state index in [1.165, 1.54) is 11.3 Å². The lowest BCUT2D eigenvalue weighted by Crippen LogP contribution is -2.44. The van der Waals surface area contributed by atoms with Crippen LogP contribution in [0.3, 0.4) is 0 Å². The predicted molar refractivity (Wildman–Crippen MR) is 63.6 cm³/mol. The van der Waals surface area contributed by atoms with Crippen molar-refractivity contribution in [1.82, 2.24) is 25.3 Å². The maximum absolute atomic E-state index is 5.24. The molecule has 17 heavy (non-hydrogen) atoms. The maximum atomic E-state index is 5.24. The molecule has 0 radical (unpaired) electrons. The average molecular weight is 251 g/mol. The van der Waals surface area contributed by atoms with E-state index in [1.807, 2.05) is 5.38 Å². The van der Waals surface area contributed by atoms with Crippen LogP contribution in [0.15, 0.2) is 15.4 Å². The second kappa shape index (κ2) is 4.52. The summed E-state index contributed by atoms with van der Waals surface area (Å²) >= 11 is 1.52. The Hall–Kier alpha value is -1.31. The van der Waals surface area contributed by atoms with Gasteiger partial charge in [-0.25, -0.2) is 4.98 Å². The fourth-order valence-electron chi connectivity index (χ4n) is 1.89. The number of thiazole rings is 1. The van der Waals surface area contributed by atoms with Crippen LogP contribution in [-0.4, -0.2) is 46.7 Å². The molecule has 1 unspecified atom stereocenters. The second-order valence-corrected chi connectivity index (χ2v) is 4.75. The lowest BCUT2D eigenvalue weighted by atomic mass is 10.2. The molecule has 0 bridgehead atoms. The lowest BCUT2D eigenvalue weighted by molar-refractivity contribution is 0.190. The highest BCUT2D eigenvalue weighted by atomic mass is 32.1. The van der Waals surface area contributed by atoms with Crippen molar-refractivity contribution in [3.05, 3.63) is 16.7 Å². The molecule has 0 saturated carbocycles. The molecule has 0 amide bonds. The van der Waals surface area contributed by atoms with Gasteiger partial charge in [-0.05, 0) is 7.05 Å². The maximum Gasteiger partial charge on any atom is 0.277 e. The summed E-state index contributed by atoms with van der Waals surface area (Å²) in [7, 11) is 2.07. The van der Waals surface area contributed by atoms with Crippen LogP contribution in [-0.2, 0) is 0 Å². The third kappa shape index (κ3) is 2.08. The van der Waals surface area contributed by atoms with Gasteiger partial charge in [0, 0.05) is 25.0 Å². The van der Waals surface area contributed by atoms with Crippen molar-refractivity contribution in [3.8, 4) is 11.6 Å². The highest BCUT2D eigenvalue weighted by molar-refractivity contribution is 7.07. The van der Waals surface area contributed by atoms with Crippen LogP contribution in [0.1, 0.15) is 11.9 Å². The minimum atomic E-state index is 0.180. The van der Waals surface area contributed by atoms with Gasteiger partial charge in [0.25, 0.3) is 5.89 Å². The monoisotopic (exact) mass is 251 g/mol.